The van der Waals surface area contributed by atoms with Gasteiger partial charge in [-0.1, -0.05) is 35.5 Å². The lowest BCUT2D eigenvalue weighted by molar-refractivity contribution is -0.146. The summed E-state index contributed by atoms with van der Waals surface area (Å²) in [6.45, 7) is 0.172. The van der Waals surface area contributed by atoms with E-state index in [1.807, 2.05) is 30.3 Å². The number of nitrogens with two attached hydrogens (primary N) is 1. The van der Waals surface area contributed by atoms with Gasteiger partial charge in [-0.2, -0.15) is 5.21 Å². The molecular formula is C10H11N5O2. The summed E-state index contributed by atoms with van der Waals surface area (Å²) >= 11 is 0. The second kappa shape index (κ2) is 5.17. The Morgan fingerprint density at radius 1 is 1.41 bits per heavy atom. The lowest BCUT2D eigenvalue weighted by Crippen LogP contribution is -2.24. The van der Waals surface area contributed by atoms with Crippen LogP contribution in [0.15, 0.2) is 30.3 Å². The highest BCUT2D eigenvalue weighted by molar-refractivity contribution is 5.76. The number of carbonyl (C=O) groups excluding carboxylic acids is 1. The molecule has 17 heavy (non-hydrogen) atoms. The van der Waals surface area contributed by atoms with Crippen LogP contribution in [0.2, 0.25) is 0 Å². The predicted octanol–water partition coefficient (Wildman–Crippen LogP) is -0.0571. The number of hydrogen-bond donors (Lipinski definition) is 2. The van der Waals surface area contributed by atoms with Gasteiger partial charge in [-0.3, -0.25) is 0 Å². The molecular weight excluding hydrogens is 222 g/mol. The van der Waals surface area contributed by atoms with Crippen LogP contribution >= 0.6 is 0 Å². The van der Waals surface area contributed by atoms with E-state index in [0.29, 0.717) is 0 Å². The first-order valence-corrected chi connectivity index (χ1v) is 4.97. The minimum absolute atomic E-state index is 0.114. The minimum Gasteiger partial charge on any atom is -0.459 e. The van der Waals surface area contributed by atoms with Crippen LogP contribution in [0.5, 0.6) is 0 Å². The lowest BCUT2D eigenvalue weighted by atomic mass is 10.2. The molecule has 0 aliphatic carbocycles. The van der Waals surface area contributed by atoms with Crippen molar-refractivity contribution in [3.05, 3.63) is 41.7 Å². The average molecular weight is 233 g/mol. The van der Waals surface area contributed by atoms with E-state index in [-0.39, 0.29) is 12.4 Å². The number of aromatic amines is 1. The summed E-state index contributed by atoms with van der Waals surface area (Å²) in [5.41, 5.74) is 6.48. The van der Waals surface area contributed by atoms with Gasteiger partial charge in [0.05, 0.1) is 0 Å². The Hall–Kier alpha value is -2.28. The molecule has 0 radical (unpaired) electrons. The van der Waals surface area contributed by atoms with Crippen LogP contribution in [0.1, 0.15) is 17.4 Å². The molecule has 2 aromatic rings. The Morgan fingerprint density at radius 3 is 2.82 bits per heavy atom. The smallest absolute Gasteiger partial charge is 0.331 e. The van der Waals surface area contributed by atoms with Crippen molar-refractivity contribution in [3.63, 3.8) is 0 Å². The highest BCUT2D eigenvalue weighted by Crippen LogP contribution is 2.07. The fourth-order valence-electron chi connectivity index (χ4n) is 1.23. The summed E-state index contributed by atoms with van der Waals surface area (Å²) in [7, 11) is 0. The van der Waals surface area contributed by atoms with Crippen LogP contribution < -0.4 is 5.73 Å². The summed E-state index contributed by atoms with van der Waals surface area (Å²) in [4.78, 5) is 11.5. The van der Waals surface area contributed by atoms with E-state index in [1.54, 1.807) is 0 Å². The molecule has 0 fully saturated rings. The summed E-state index contributed by atoms with van der Waals surface area (Å²) < 4.78 is 5.03. The Labute approximate surface area is 97.0 Å². The van der Waals surface area contributed by atoms with E-state index in [2.05, 4.69) is 20.6 Å². The van der Waals surface area contributed by atoms with Crippen LogP contribution in [-0.2, 0) is 16.1 Å². The van der Waals surface area contributed by atoms with E-state index in [0.717, 1.165) is 5.56 Å². The molecule has 1 heterocycles. The molecule has 7 nitrogen and oxygen atoms in total. The second-order valence-corrected chi connectivity index (χ2v) is 3.34. The van der Waals surface area contributed by atoms with E-state index < -0.39 is 12.0 Å². The monoisotopic (exact) mass is 233 g/mol. The molecule has 1 atom stereocenters. The molecule has 1 aromatic heterocycles. The van der Waals surface area contributed by atoms with Gasteiger partial charge in [0.2, 0.25) is 5.82 Å². The zero-order valence-electron chi connectivity index (χ0n) is 8.91. The number of H-pyrrole nitrogens is 1. The van der Waals surface area contributed by atoms with Crippen molar-refractivity contribution >= 4 is 5.97 Å². The molecule has 1 aromatic carbocycles. The SMILES string of the molecule is NC(C(=O)OCc1ccccc1)c1nn[nH]n1. The van der Waals surface area contributed by atoms with Gasteiger partial charge in [-0.15, -0.1) is 10.2 Å². The third-order valence-corrected chi connectivity index (χ3v) is 2.12. The van der Waals surface area contributed by atoms with Crippen molar-refractivity contribution in [2.75, 3.05) is 0 Å². The van der Waals surface area contributed by atoms with Crippen LogP contribution in [0.4, 0.5) is 0 Å². The average Bonchev–Trinajstić information content (AvgIpc) is 2.90. The molecule has 1 unspecified atom stereocenters. The summed E-state index contributed by atoms with van der Waals surface area (Å²) in [6, 6.07) is 8.30. The fraction of sp³-hybridized carbons (Fsp3) is 0.200. The van der Waals surface area contributed by atoms with Gasteiger partial charge in [0.1, 0.15) is 6.61 Å². The zero-order valence-corrected chi connectivity index (χ0v) is 8.91. The zero-order chi connectivity index (χ0) is 12.1. The Bertz CT molecular complexity index is 471. The standard InChI is InChI=1S/C10H11N5O2/c11-8(9-12-14-15-13-9)10(16)17-6-7-4-2-1-3-5-7/h1-5,8H,6,11H2,(H,12,13,14,15). The topological polar surface area (TPSA) is 107 Å². The number of carbonyl (C=O) groups is 1. The number of ether oxygens (including phenoxy) is 1. The van der Waals surface area contributed by atoms with E-state index >= 15 is 0 Å². The van der Waals surface area contributed by atoms with Gasteiger partial charge in [0, 0.05) is 0 Å². The van der Waals surface area contributed by atoms with Crippen molar-refractivity contribution in [2.45, 2.75) is 12.6 Å². The molecule has 0 bridgehead atoms. The molecule has 0 aliphatic rings. The molecule has 88 valence electrons. The highest BCUT2D eigenvalue weighted by Gasteiger charge is 2.21. The van der Waals surface area contributed by atoms with Gasteiger partial charge in [-0.25, -0.2) is 4.79 Å². The number of tetrazole rings is 1. The number of nitrogens with zero attached hydrogens (tertiary/aromatic N) is 3. The first kappa shape index (κ1) is 11.2. The highest BCUT2D eigenvalue weighted by atomic mass is 16.5. The molecule has 0 saturated carbocycles. The van der Waals surface area contributed by atoms with E-state index in [4.69, 9.17) is 10.5 Å². The summed E-state index contributed by atoms with van der Waals surface area (Å²) in [5.74, 6) is -0.474. The summed E-state index contributed by atoms with van der Waals surface area (Å²) in [5, 5.41) is 12.8. The number of nitrogens with one attached hydrogen (secondary N) is 1. The van der Waals surface area contributed by atoms with E-state index in [9.17, 15) is 4.79 Å². The van der Waals surface area contributed by atoms with E-state index in [1.165, 1.54) is 0 Å². The maximum atomic E-state index is 11.5. The third kappa shape index (κ3) is 2.85. The molecule has 3 N–H and O–H groups in total. The maximum absolute atomic E-state index is 11.5. The Balaban J connectivity index is 1.90. The number of rotatable bonds is 4. The van der Waals surface area contributed by atoms with Gasteiger partial charge >= 0.3 is 5.97 Å². The van der Waals surface area contributed by atoms with Crippen molar-refractivity contribution < 1.29 is 9.53 Å². The van der Waals surface area contributed by atoms with Gasteiger partial charge in [0.15, 0.2) is 6.04 Å². The number of benzene rings is 1. The molecule has 7 heteroatoms. The largest absolute Gasteiger partial charge is 0.459 e. The number of aromatic nitrogens is 4. The van der Waals surface area contributed by atoms with Crippen molar-refractivity contribution in [1.82, 2.24) is 20.6 Å². The van der Waals surface area contributed by atoms with Crippen LogP contribution in [0.3, 0.4) is 0 Å². The predicted molar refractivity (Wildman–Crippen MR) is 57.3 cm³/mol. The molecule has 0 saturated heterocycles. The van der Waals surface area contributed by atoms with Crippen molar-refractivity contribution in [2.24, 2.45) is 5.73 Å². The number of esters is 1. The fourth-order valence-corrected chi connectivity index (χ4v) is 1.23. The molecule has 2 rings (SSSR count). The van der Waals surface area contributed by atoms with Gasteiger partial charge in [0.25, 0.3) is 0 Å². The van der Waals surface area contributed by atoms with Crippen LogP contribution in [0, 0.1) is 0 Å². The third-order valence-electron chi connectivity index (χ3n) is 2.12. The molecule has 0 spiro atoms. The molecule has 0 amide bonds. The molecule has 0 aliphatic heterocycles. The minimum atomic E-state index is -1.02. The second-order valence-electron chi connectivity index (χ2n) is 3.34. The van der Waals surface area contributed by atoms with Crippen molar-refractivity contribution in [1.29, 1.82) is 0 Å². The summed E-state index contributed by atoms with van der Waals surface area (Å²) in [6.07, 6.45) is 0. The Morgan fingerprint density at radius 2 is 2.18 bits per heavy atom. The Kier molecular flexibility index (Phi) is 3.41. The van der Waals surface area contributed by atoms with Crippen LogP contribution in [0.25, 0.3) is 0 Å². The van der Waals surface area contributed by atoms with Gasteiger partial charge in [-0.05, 0) is 5.56 Å². The van der Waals surface area contributed by atoms with Crippen molar-refractivity contribution in [3.8, 4) is 0 Å². The quantitative estimate of drug-likeness (QED) is 0.716. The lowest BCUT2D eigenvalue weighted by Gasteiger charge is -2.07. The van der Waals surface area contributed by atoms with Crippen LogP contribution in [-0.4, -0.2) is 26.6 Å². The van der Waals surface area contributed by atoms with Gasteiger partial charge < -0.3 is 10.5 Å². The first-order chi connectivity index (χ1) is 8.27. The maximum Gasteiger partial charge on any atom is 0.331 e. The normalized spacial score (nSPS) is 12.1. The first-order valence-electron chi connectivity index (χ1n) is 4.97. The number of hydrogen-bond acceptors (Lipinski definition) is 6.